The normalized spacial score (nSPS) is 21.5. The van der Waals surface area contributed by atoms with Crippen LogP contribution in [-0.2, 0) is 11.2 Å². The number of aliphatic hydroxyl groups excluding tert-OH is 1. The smallest absolute Gasteiger partial charge is 0.321 e. The monoisotopic (exact) mass is 499 g/mol. The minimum Gasteiger partial charge on any atom is -0.497 e. The van der Waals surface area contributed by atoms with E-state index in [0.717, 1.165) is 28.9 Å². The van der Waals surface area contributed by atoms with Gasteiger partial charge < -0.3 is 25.0 Å². The number of anilines is 1. The van der Waals surface area contributed by atoms with Crippen molar-refractivity contribution in [3.05, 3.63) is 83.9 Å². The number of benzene rings is 3. The number of fused-ring (bicyclic) bond motifs is 3. The zero-order valence-corrected chi connectivity index (χ0v) is 21.4. The van der Waals surface area contributed by atoms with E-state index in [1.807, 2.05) is 59.5 Å². The molecule has 5 rings (SSSR count). The number of nitrogens with zero attached hydrogens (tertiary/aromatic N) is 2. The fraction of sp³-hybridized carbons (Fsp3) is 0.333. The summed E-state index contributed by atoms with van der Waals surface area (Å²) in [5.74, 6) is 0.0137. The Bertz CT molecular complexity index is 1280. The first-order valence-electron chi connectivity index (χ1n) is 12.7. The van der Waals surface area contributed by atoms with Crippen molar-refractivity contribution in [1.82, 2.24) is 9.80 Å². The van der Waals surface area contributed by atoms with Crippen molar-refractivity contribution in [3.8, 4) is 16.9 Å². The fourth-order valence-electron chi connectivity index (χ4n) is 5.72. The summed E-state index contributed by atoms with van der Waals surface area (Å²) in [4.78, 5) is 30.4. The van der Waals surface area contributed by atoms with E-state index < -0.39 is 18.1 Å². The molecule has 0 radical (unpaired) electrons. The second-order valence-electron chi connectivity index (χ2n) is 9.92. The maximum absolute atomic E-state index is 13.7. The summed E-state index contributed by atoms with van der Waals surface area (Å²) in [7, 11) is 3.36. The first kappa shape index (κ1) is 24.8. The van der Waals surface area contributed by atoms with Crippen LogP contribution >= 0.6 is 0 Å². The average Bonchev–Trinajstić information content (AvgIpc) is 2.92. The van der Waals surface area contributed by atoms with Gasteiger partial charge in [-0.05, 0) is 72.4 Å². The molecule has 0 aromatic heterocycles. The molecule has 1 fully saturated rings. The highest BCUT2D eigenvalue weighted by atomic mass is 16.5. The predicted octanol–water partition coefficient (Wildman–Crippen LogP) is 4.72. The third-order valence-electron chi connectivity index (χ3n) is 7.74. The molecule has 2 heterocycles. The first-order valence-corrected chi connectivity index (χ1v) is 12.7. The highest BCUT2D eigenvalue weighted by Gasteiger charge is 2.48. The summed E-state index contributed by atoms with van der Waals surface area (Å²) in [5, 5.41) is 13.6. The third-order valence-corrected chi connectivity index (χ3v) is 7.74. The third kappa shape index (κ3) is 4.79. The Morgan fingerprint density at radius 3 is 2.46 bits per heavy atom. The Hall–Kier alpha value is -3.84. The summed E-state index contributed by atoms with van der Waals surface area (Å²) in [6, 6.07) is 22.7. The Labute approximate surface area is 217 Å². The van der Waals surface area contributed by atoms with Crippen LogP contribution in [0.2, 0.25) is 0 Å². The van der Waals surface area contributed by atoms with Crippen molar-refractivity contribution in [3.63, 3.8) is 0 Å². The lowest BCUT2D eigenvalue weighted by Gasteiger charge is -2.49. The largest absolute Gasteiger partial charge is 0.497 e. The molecule has 0 spiro atoms. The molecule has 4 atom stereocenters. The molecule has 3 aromatic carbocycles. The van der Waals surface area contributed by atoms with Crippen molar-refractivity contribution in [1.29, 1.82) is 0 Å². The van der Waals surface area contributed by atoms with E-state index in [2.05, 4.69) is 23.5 Å². The maximum atomic E-state index is 13.7. The van der Waals surface area contributed by atoms with Crippen molar-refractivity contribution >= 4 is 17.6 Å². The Morgan fingerprint density at radius 2 is 1.78 bits per heavy atom. The second kappa shape index (κ2) is 10.3. The van der Waals surface area contributed by atoms with Gasteiger partial charge in [-0.1, -0.05) is 42.5 Å². The Morgan fingerprint density at radius 1 is 1.08 bits per heavy atom. The lowest BCUT2D eigenvalue weighted by molar-refractivity contribution is -0.151. The van der Waals surface area contributed by atoms with E-state index in [0.29, 0.717) is 18.7 Å². The molecule has 0 saturated carbocycles. The summed E-state index contributed by atoms with van der Waals surface area (Å²) in [5.41, 5.74) is 5.15. The molecule has 2 aliphatic rings. The number of amides is 3. The van der Waals surface area contributed by atoms with Crippen LogP contribution < -0.4 is 10.1 Å². The van der Waals surface area contributed by atoms with Crippen LogP contribution in [0.1, 0.15) is 30.5 Å². The van der Waals surface area contributed by atoms with Crippen molar-refractivity contribution < 1.29 is 19.4 Å². The molecule has 0 unspecified atom stereocenters. The van der Waals surface area contributed by atoms with Crippen LogP contribution in [0.3, 0.4) is 0 Å². The molecular weight excluding hydrogens is 466 g/mol. The molecule has 2 N–H and O–H groups in total. The number of carbonyl (C=O) groups is 2. The fourth-order valence-corrected chi connectivity index (χ4v) is 5.72. The molecule has 7 heteroatoms. The number of aliphatic hydroxyl groups is 1. The first-order chi connectivity index (χ1) is 17.9. The highest BCUT2D eigenvalue weighted by Crippen LogP contribution is 2.43. The van der Waals surface area contributed by atoms with Crippen molar-refractivity contribution in [2.45, 2.75) is 38.0 Å². The number of hydrogen-bond acceptors (Lipinski definition) is 4. The Balaban J connectivity index is 1.46. The standard InChI is InChI=1S/C30H33N3O4/c1-19(34)28-27(32(2)30(36)31-23-7-5-4-6-8-23)18-26-25-17-22(20-11-13-24(37-3)14-12-20)10-9-21(25)15-16-33(26)29(28)35/h4-14,17,19,26-28,34H,15-16,18H2,1-3H3,(H,31,36)/t19-,26-,27-,28-/m0/s1. The zero-order chi connectivity index (χ0) is 26.1. The molecule has 0 aliphatic carbocycles. The van der Waals surface area contributed by atoms with Gasteiger partial charge in [-0.15, -0.1) is 0 Å². The van der Waals surface area contributed by atoms with Gasteiger partial charge in [0.1, 0.15) is 5.75 Å². The van der Waals surface area contributed by atoms with E-state index in [1.54, 1.807) is 26.0 Å². The van der Waals surface area contributed by atoms with E-state index in [-0.39, 0.29) is 18.0 Å². The minimum absolute atomic E-state index is 0.101. The van der Waals surface area contributed by atoms with E-state index >= 15 is 0 Å². The number of rotatable bonds is 5. The lowest BCUT2D eigenvalue weighted by Crippen LogP contribution is -2.60. The number of nitrogens with one attached hydrogen (secondary N) is 1. The minimum atomic E-state index is -0.877. The number of piperidine rings is 1. The number of urea groups is 1. The summed E-state index contributed by atoms with van der Waals surface area (Å²) < 4.78 is 5.30. The van der Waals surface area contributed by atoms with Crippen LogP contribution in [0.4, 0.5) is 10.5 Å². The number of para-hydroxylation sites is 1. The summed E-state index contributed by atoms with van der Waals surface area (Å²) in [6.07, 6.45) is 0.443. The molecule has 37 heavy (non-hydrogen) atoms. The SMILES string of the molecule is COc1ccc(-c2ccc3c(c2)[C@@H]2C[C@H](N(C)C(=O)Nc4ccccc4)[C@H]([C@H](C)O)C(=O)N2CC3)cc1. The number of hydrogen-bond donors (Lipinski definition) is 2. The molecule has 3 aromatic rings. The van der Waals surface area contributed by atoms with E-state index in [4.69, 9.17) is 4.74 Å². The van der Waals surface area contributed by atoms with Gasteiger partial charge in [0, 0.05) is 25.3 Å². The second-order valence-corrected chi connectivity index (χ2v) is 9.92. The average molecular weight is 500 g/mol. The van der Waals surface area contributed by atoms with Gasteiger partial charge in [0.05, 0.1) is 25.2 Å². The summed E-state index contributed by atoms with van der Waals surface area (Å²) >= 11 is 0. The van der Waals surface area contributed by atoms with Gasteiger partial charge in [-0.2, -0.15) is 0 Å². The predicted molar refractivity (Wildman–Crippen MR) is 143 cm³/mol. The molecule has 0 bridgehead atoms. The molecular formula is C30H33N3O4. The molecule has 7 nitrogen and oxygen atoms in total. The van der Waals surface area contributed by atoms with Gasteiger partial charge in [0.2, 0.25) is 5.91 Å². The number of carbonyl (C=O) groups excluding carboxylic acids is 2. The molecule has 3 amide bonds. The molecule has 192 valence electrons. The molecule has 1 saturated heterocycles. The highest BCUT2D eigenvalue weighted by molar-refractivity contribution is 5.90. The van der Waals surface area contributed by atoms with Gasteiger partial charge in [-0.25, -0.2) is 4.79 Å². The lowest BCUT2D eigenvalue weighted by atomic mass is 9.77. The van der Waals surface area contributed by atoms with Gasteiger partial charge >= 0.3 is 6.03 Å². The Kier molecular flexibility index (Phi) is 6.89. The molecule has 2 aliphatic heterocycles. The number of methoxy groups -OCH3 is 1. The van der Waals surface area contributed by atoms with Crippen molar-refractivity contribution in [2.75, 3.05) is 26.0 Å². The zero-order valence-electron chi connectivity index (χ0n) is 21.4. The van der Waals surface area contributed by atoms with E-state index in [9.17, 15) is 14.7 Å². The van der Waals surface area contributed by atoms with Crippen LogP contribution in [0.25, 0.3) is 11.1 Å². The maximum Gasteiger partial charge on any atom is 0.321 e. The topological polar surface area (TPSA) is 82.1 Å². The van der Waals surface area contributed by atoms with Gasteiger partial charge in [-0.3, -0.25) is 4.79 Å². The van der Waals surface area contributed by atoms with Crippen LogP contribution in [-0.4, -0.2) is 59.7 Å². The van der Waals surface area contributed by atoms with Crippen LogP contribution in [0.15, 0.2) is 72.8 Å². The summed E-state index contributed by atoms with van der Waals surface area (Å²) in [6.45, 7) is 2.24. The van der Waals surface area contributed by atoms with E-state index in [1.165, 1.54) is 5.56 Å². The number of ether oxygens (including phenoxy) is 1. The van der Waals surface area contributed by atoms with Crippen molar-refractivity contribution in [2.24, 2.45) is 5.92 Å². The van der Waals surface area contributed by atoms with Crippen LogP contribution in [0.5, 0.6) is 5.75 Å². The quantitative estimate of drug-likeness (QED) is 0.532. The van der Waals surface area contributed by atoms with Crippen LogP contribution in [0, 0.1) is 5.92 Å². The van der Waals surface area contributed by atoms with Gasteiger partial charge in [0.25, 0.3) is 0 Å². The van der Waals surface area contributed by atoms with Gasteiger partial charge in [0.15, 0.2) is 0 Å².